The van der Waals surface area contributed by atoms with Crippen molar-refractivity contribution in [1.82, 2.24) is 14.8 Å². The third kappa shape index (κ3) is 3.22. The summed E-state index contributed by atoms with van der Waals surface area (Å²) in [5, 5.41) is 3.87. The van der Waals surface area contributed by atoms with Crippen molar-refractivity contribution in [2.24, 2.45) is 0 Å². The molecule has 1 aromatic carbocycles. The van der Waals surface area contributed by atoms with Crippen LogP contribution in [0.15, 0.2) is 36.9 Å². The van der Waals surface area contributed by atoms with E-state index in [4.69, 9.17) is 4.74 Å². The molecule has 0 saturated heterocycles. The molecule has 0 radical (unpaired) electrons. The first-order valence-electron chi connectivity index (χ1n) is 5.18. The molecule has 0 fully saturated rings. The molecular formula is C11H10F3N3O. The molecule has 0 bridgehead atoms. The third-order valence-corrected chi connectivity index (χ3v) is 2.24. The molecule has 96 valence electrons. The standard InChI is InChI=1S/C11H10F3N3O/c12-11(13,14)9-1-3-10(4-2-9)18-6-5-17-8-15-7-16-17/h1-4,7-8H,5-6H2. The number of rotatable bonds is 4. The Morgan fingerprint density at radius 1 is 1.17 bits per heavy atom. The average molecular weight is 257 g/mol. The first-order valence-corrected chi connectivity index (χ1v) is 5.18. The number of alkyl halides is 3. The second-order valence-electron chi connectivity index (χ2n) is 3.53. The average Bonchev–Trinajstić information content (AvgIpc) is 2.82. The van der Waals surface area contributed by atoms with Crippen LogP contribution in [0.3, 0.4) is 0 Å². The predicted octanol–water partition coefficient (Wildman–Crippen LogP) is 2.38. The van der Waals surface area contributed by atoms with Crippen molar-refractivity contribution >= 4 is 0 Å². The van der Waals surface area contributed by atoms with Crippen LogP contribution in [0.25, 0.3) is 0 Å². The van der Waals surface area contributed by atoms with E-state index in [2.05, 4.69) is 10.1 Å². The molecule has 0 N–H and O–H groups in total. The van der Waals surface area contributed by atoms with E-state index in [0.29, 0.717) is 18.9 Å². The van der Waals surface area contributed by atoms with Crippen LogP contribution < -0.4 is 4.74 Å². The number of hydrogen-bond donors (Lipinski definition) is 0. The number of aromatic nitrogens is 3. The molecule has 0 amide bonds. The van der Waals surface area contributed by atoms with Gasteiger partial charge in [-0.25, -0.2) is 9.67 Å². The summed E-state index contributed by atoms with van der Waals surface area (Å²) >= 11 is 0. The molecule has 0 atom stereocenters. The number of hydrogen-bond acceptors (Lipinski definition) is 3. The van der Waals surface area contributed by atoms with Crippen molar-refractivity contribution in [2.45, 2.75) is 12.7 Å². The highest BCUT2D eigenvalue weighted by molar-refractivity contribution is 5.28. The molecule has 2 rings (SSSR count). The van der Waals surface area contributed by atoms with Crippen molar-refractivity contribution in [3.05, 3.63) is 42.5 Å². The maximum atomic E-state index is 12.3. The minimum Gasteiger partial charge on any atom is -0.492 e. The van der Waals surface area contributed by atoms with Gasteiger partial charge in [-0.2, -0.15) is 18.3 Å². The molecule has 0 aliphatic heterocycles. The second-order valence-corrected chi connectivity index (χ2v) is 3.53. The molecule has 0 saturated carbocycles. The van der Waals surface area contributed by atoms with E-state index in [-0.39, 0.29) is 0 Å². The molecule has 0 spiro atoms. The van der Waals surface area contributed by atoms with Gasteiger partial charge in [0.2, 0.25) is 0 Å². The maximum absolute atomic E-state index is 12.3. The molecule has 0 unspecified atom stereocenters. The van der Waals surface area contributed by atoms with Crippen molar-refractivity contribution in [1.29, 1.82) is 0 Å². The minimum absolute atomic E-state index is 0.314. The normalized spacial score (nSPS) is 11.5. The SMILES string of the molecule is FC(F)(F)c1ccc(OCCn2cncn2)cc1. The summed E-state index contributed by atoms with van der Waals surface area (Å²) in [6.45, 7) is 0.801. The lowest BCUT2D eigenvalue weighted by molar-refractivity contribution is -0.137. The maximum Gasteiger partial charge on any atom is 0.416 e. The van der Waals surface area contributed by atoms with Gasteiger partial charge in [0, 0.05) is 0 Å². The molecule has 4 nitrogen and oxygen atoms in total. The van der Waals surface area contributed by atoms with Crippen molar-refractivity contribution in [3.63, 3.8) is 0 Å². The van der Waals surface area contributed by atoms with Gasteiger partial charge in [-0.3, -0.25) is 0 Å². The second kappa shape index (κ2) is 5.07. The van der Waals surface area contributed by atoms with Gasteiger partial charge < -0.3 is 4.74 Å². The number of halogens is 3. The zero-order valence-electron chi connectivity index (χ0n) is 9.26. The van der Waals surface area contributed by atoms with Crippen molar-refractivity contribution in [2.75, 3.05) is 6.61 Å². The summed E-state index contributed by atoms with van der Waals surface area (Å²) in [6.07, 6.45) is -1.38. The van der Waals surface area contributed by atoms with E-state index in [1.165, 1.54) is 24.8 Å². The van der Waals surface area contributed by atoms with E-state index < -0.39 is 11.7 Å². The van der Waals surface area contributed by atoms with Crippen LogP contribution >= 0.6 is 0 Å². The van der Waals surface area contributed by atoms with E-state index in [0.717, 1.165) is 12.1 Å². The van der Waals surface area contributed by atoms with Crippen LogP contribution in [0, 0.1) is 0 Å². The van der Waals surface area contributed by atoms with Gasteiger partial charge in [0.05, 0.1) is 12.1 Å². The van der Waals surface area contributed by atoms with E-state index in [1.54, 1.807) is 4.68 Å². The fraction of sp³-hybridized carbons (Fsp3) is 0.273. The highest BCUT2D eigenvalue weighted by atomic mass is 19.4. The van der Waals surface area contributed by atoms with Crippen LogP contribution in [-0.4, -0.2) is 21.4 Å². The topological polar surface area (TPSA) is 39.9 Å². The largest absolute Gasteiger partial charge is 0.492 e. The van der Waals surface area contributed by atoms with Gasteiger partial charge in [0.15, 0.2) is 0 Å². The summed E-state index contributed by atoms with van der Waals surface area (Å²) < 4.78 is 43.8. The number of ether oxygens (including phenoxy) is 1. The van der Waals surface area contributed by atoms with Crippen LogP contribution in [0.4, 0.5) is 13.2 Å². The Bertz CT molecular complexity index is 479. The van der Waals surface area contributed by atoms with E-state index in [9.17, 15) is 13.2 Å². The zero-order chi connectivity index (χ0) is 13.0. The third-order valence-electron chi connectivity index (χ3n) is 2.24. The Kier molecular flexibility index (Phi) is 3.50. The molecular weight excluding hydrogens is 247 g/mol. The highest BCUT2D eigenvalue weighted by Crippen LogP contribution is 2.30. The first kappa shape index (κ1) is 12.4. The zero-order valence-corrected chi connectivity index (χ0v) is 9.26. The summed E-state index contributed by atoms with van der Waals surface area (Å²) in [4.78, 5) is 3.76. The van der Waals surface area contributed by atoms with Crippen LogP contribution in [0.2, 0.25) is 0 Å². The van der Waals surface area contributed by atoms with Crippen molar-refractivity contribution in [3.8, 4) is 5.75 Å². The molecule has 0 aliphatic rings. The molecule has 0 aliphatic carbocycles. The minimum atomic E-state index is -4.32. The number of nitrogens with zero attached hydrogens (tertiary/aromatic N) is 3. The molecule has 1 heterocycles. The Morgan fingerprint density at radius 2 is 1.89 bits per heavy atom. The Hall–Kier alpha value is -2.05. The Labute approximate surface area is 101 Å². The van der Waals surface area contributed by atoms with Gasteiger partial charge in [0.1, 0.15) is 25.0 Å². The van der Waals surface area contributed by atoms with Crippen LogP contribution in [0.1, 0.15) is 5.56 Å². The summed E-state index contributed by atoms with van der Waals surface area (Å²) in [7, 11) is 0. The van der Waals surface area contributed by atoms with Crippen LogP contribution in [0.5, 0.6) is 5.75 Å². The lowest BCUT2D eigenvalue weighted by Crippen LogP contribution is -2.09. The quantitative estimate of drug-likeness (QED) is 0.844. The monoisotopic (exact) mass is 257 g/mol. The fourth-order valence-corrected chi connectivity index (χ4v) is 1.35. The van der Waals surface area contributed by atoms with Gasteiger partial charge in [-0.15, -0.1) is 0 Å². The van der Waals surface area contributed by atoms with Crippen LogP contribution in [-0.2, 0) is 12.7 Å². The first-order chi connectivity index (χ1) is 8.55. The molecule has 1 aromatic heterocycles. The summed E-state index contributed by atoms with van der Waals surface area (Å²) in [5.41, 5.74) is -0.689. The molecule has 7 heteroatoms. The van der Waals surface area contributed by atoms with Gasteiger partial charge >= 0.3 is 6.18 Å². The smallest absolute Gasteiger partial charge is 0.416 e. The fourth-order valence-electron chi connectivity index (χ4n) is 1.35. The predicted molar refractivity (Wildman–Crippen MR) is 57.0 cm³/mol. The molecule has 2 aromatic rings. The molecule has 18 heavy (non-hydrogen) atoms. The van der Waals surface area contributed by atoms with E-state index >= 15 is 0 Å². The Balaban J connectivity index is 1.87. The van der Waals surface area contributed by atoms with Gasteiger partial charge in [0.25, 0.3) is 0 Å². The lowest BCUT2D eigenvalue weighted by atomic mass is 10.2. The van der Waals surface area contributed by atoms with E-state index in [1.807, 2.05) is 0 Å². The lowest BCUT2D eigenvalue weighted by Gasteiger charge is -2.09. The van der Waals surface area contributed by atoms with Crippen molar-refractivity contribution < 1.29 is 17.9 Å². The summed E-state index contributed by atoms with van der Waals surface area (Å²) in [5.74, 6) is 0.392. The number of benzene rings is 1. The highest BCUT2D eigenvalue weighted by Gasteiger charge is 2.29. The van der Waals surface area contributed by atoms with Gasteiger partial charge in [-0.05, 0) is 24.3 Å². The summed E-state index contributed by atoms with van der Waals surface area (Å²) in [6, 6.07) is 4.57. The van der Waals surface area contributed by atoms with Gasteiger partial charge in [-0.1, -0.05) is 0 Å². The Morgan fingerprint density at radius 3 is 2.44 bits per heavy atom.